The molecule has 8 nitrogen and oxygen atoms in total. The average Bonchev–Trinajstić information content (AvgIpc) is 3.13. The van der Waals surface area contributed by atoms with Gasteiger partial charge in [-0.25, -0.2) is 4.79 Å². The van der Waals surface area contributed by atoms with Gasteiger partial charge in [0.2, 0.25) is 0 Å². The number of benzene rings is 1. The zero-order valence-corrected chi connectivity index (χ0v) is 25.1. The van der Waals surface area contributed by atoms with E-state index in [0.717, 1.165) is 5.56 Å². The fraction of sp³-hybridized carbons (Fsp3) is 0.731. The van der Waals surface area contributed by atoms with Crippen LogP contribution in [0.2, 0.25) is 18.1 Å². The van der Waals surface area contributed by atoms with Gasteiger partial charge in [-0.05, 0) is 77.2 Å². The Morgan fingerprint density at radius 3 is 2.25 bits per heavy atom. The molecule has 206 valence electrons. The number of hydrogen-bond donors (Lipinski definition) is 1. The summed E-state index contributed by atoms with van der Waals surface area (Å²) < 4.78 is 42.1. The maximum atomic E-state index is 13.0. The predicted molar refractivity (Wildman–Crippen MR) is 143 cm³/mol. The van der Waals surface area contributed by atoms with Crippen LogP contribution in [0.4, 0.5) is 4.79 Å². The van der Waals surface area contributed by atoms with Crippen molar-refractivity contribution in [2.24, 2.45) is 0 Å². The second kappa shape index (κ2) is 11.5. The first-order chi connectivity index (χ1) is 16.3. The fourth-order valence-corrected chi connectivity index (χ4v) is 6.13. The smallest absolute Gasteiger partial charge is 0.410 e. The van der Waals surface area contributed by atoms with Crippen LogP contribution < -0.4 is 0 Å². The van der Waals surface area contributed by atoms with E-state index < -0.39 is 42.3 Å². The Balaban J connectivity index is 2.03. The van der Waals surface area contributed by atoms with E-state index in [2.05, 4.69) is 33.9 Å². The van der Waals surface area contributed by atoms with Gasteiger partial charge in [-0.15, -0.1) is 0 Å². The normalized spacial score (nSPS) is 20.4. The summed E-state index contributed by atoms with van der Waals surface area (Å²) in [6.45, 7) is 18.4. The van der Waals surface area contributed by atoms with Crippen molar-refractivity contribution in [3.05, 3.63) is 29.8 Å². The van der Waals surface area contributed by atoms with Gasteiger partial charge in [0.05, 0.1) is 29.8 Å². The van der Waals surface area contributed by atoms with Gasteiger partial charge in [0.1, 0.15) is 5.60 Å². The minimum Gasteiger partial charge on any atom is -0.444 e. The standard InChI is InChI=1S/C26H45NO7SSi/c1-19-12-14-21(15-13-19)35(30,31)32-16-10-11-23(28)22-17-20(34-36(8,9)26(5,6)7)18-27(22)24(29)33-25(2,3)4/h12-15,20,22-23,28H,10-11,16-18H2,1-9H3/t20-,22+,23?/m1/s1. The van der Waals surface area contributed by atoms with Crippen LogP contribution in [0.3, 0.4) is 0 Å². The molecule has 1 fully saturated rings. The van der Waals surface area contributed by atoms with Crippen LogP contribution in [-0.4, -0.2) is 69.8 Å². The van der Waals surface area contributed by atoms with Gasteiger partial charge in [0, 0.05) is 6.54 Å². The summed E-state index contributed by atoms with van der Waals surface area (Å²) in [7, 11) is -5.94. The lowest BCUT2D eigenvalue weighted by Gasteiger charge is -2.38. The van der Waals surface area contributed by atoms with Gasteiger partial charge in [-0.3, -0.25) is 9.08 Å². The molecule has 36 heavy (non-hydrogen) atoms. The molecular formula is C26H45NO7SSi. The van der Waals surface area contributed by atoms with Crippen LogP contribution in [0.15, 0.2) is 29.2 Å². The van der Waals surface area contributed by atoms with Crippen molar-refractivity contribution in [2.75, 3.05) is 13.2 Å². The molecule has 1 aromatic rings. The third-order valence-corrected chi connectivity index (χ3v) is 12.7. The van der Waals surface area contributed by atoms with Crippen molar-refractivity contribution >= 4 is 24.5 Å². The largest absolute Gasteiger partial charge is 0.444 e. The minimum absolute atomic E-state index is 0.0146. The maximum absolute atomic E-state index is 13.0. The Kier molecular flexibility index (Phi) is 9.84. The number of likely N-dealkylation sites (tertiary alicyclic amines) is 1. The number of carbonyl (C=O) groups is 1. The molecule has 1 aliphatic rings. The van der Waals surface area contributed by atoms with E-state index >= 15 is 0 Å². The second-order valence-electron chi connectivity index (χ2n) is 12.2. The van der Waals surface area contributed by atoms with E-state index in [9.17, 15) is 18.3 Å². The summed E-state index contributed by atoms with van der Waals surface area (Å²) in [4.78, 5) is 14.6. The molecular weight excluding hydrogens is 498 g/mol. The lowest BCUT2D eigenvalue weighted by atomic mass is 10.0. The zero-order valence-electron chi connectivity index (χ0n) is 23.3. The van der Waals surface area contributed by atoms with E-state index in [1.54, 1.807) is 17.0 Å². The first-order valence-corrected chi connectivity index (χ1v) is 17.0. The summed E-state index contributed by atoms with van der Waals surface area (Å²) in [5.41, 5.74) is 0.294. The molecule has 10 heteroatoms. The van der Waals surface area contributed by atoms with E-state index in [0.29, 0.717) is 19.4 Å². The number of aliphatic hydroxyl groups excluding tert-OH is 1. The van der Waals surface area contributed by atoms with E-state index in [1.165, 1.54) is 12.1 Å². The maximum Gasteiger partial charge on any atom is 0.410 e. The van der Waals surface area contributed by atoms with Crippen LogP contribution in [0.1, 0.15) is 66.4 Å². The summed E-state index contributed by atoms with van der Waals surface area (Å²) in [6.07, 6.45) is -0.451. The monoisotopic (exact) mass is 543 g/mol. The molecule has 1 amide bonds. The molecule has 0 radical (unpaired) electrons. The topological polar surface area (TPSA) is 102 Å². The highest BCUT2D eigenvalue weighted by Gasteiger charge is 2.46. The summed E-state index contributed by atoms with van der Waals surface area (Å²) in [5.74, 6) is 0. The van der Waals surface area contributed by atoms with Crippen molar-refractivity contribution in [3.63, 3.8) is 0 Å². The van der Waals surface area contributed by atoms with Gasteiger partial charge >= 0.3 is 6.09 Å². The van der Waals surface area contributed by atoms with Gasteiger partial charge in [-0.2, -0.15) is 8.42 Å². The summed E-state index contributed by atoms with van der Waals surface area (Å²) in [6, 6.07) is 5.98. The van der Waals surface area contributed by atoms with Crippen molar-refractivity contribution in [2.45, 2.75) is 115 Å². The first-order valence-electron chi connectivity index (χ1n) is 12.6. The Hall–Kier alpha value is -1.46. The molecule has 0 bridgehead atoms. The number of rotatable bonds is 9. The number of aryl methyl sites for hydroxylation is 1. The number of hydrogen-bond acceptors (Lipinski definition) is 7. The van der Waals surface area contributed by atoms with Gasteiger partial charge in [0.25, 0.3) is 10.1 Å². The highest BCUT2D eigenvalue weighted by Crippen LogP contribution is 2.39. The van der Waals surface area contributed by atoms with Crippen LogP contribution >= 0.6 is 0 Å². The van der Waals surface area contributed by atoms with Crippen molar-refractivity contribution in [1.29, 1.82) is 0 Å². The molecule has 1 heterocycles. The van der Waals surface area contributed by atoms with Gasteiger partial charge in [0.15, 0.2) is 8.32 Å². The molecule has 0 saturated carbocycles. The highest BCUT2D eigenvalue weighted by atomic mass is 32.2. The average molecular weight is 544 g/mol. The molecule has 3 atom stereocenters. The molecule has 1 aliphatic heterocycles. The number of amides is 1. The Labute approximate surface area is 218 Å². The van der Waals surface area contributed by atoms with Gasteiger partial charge < -0.3 is 14.3 Å². The van der Waals surface area contributed by atoms with Crippen LogP contribution in [-0.2, 0) is 23.5 Å². The van der Waals surface area contributed by atoms with E-state index in [4.69, 9.17) is 13.3 Å². The Morgan fingerprint density at radius 1 is 1.14 bits per heavy atom. The first kappa shape index (κ1) is 30.8. The zero-order chi connectivity index (χ0) is 27.5. The molecule has 0 aromatic heterocycles. The van der Waals surface area contributed by atoms with Crippen LogP contribution in [0, 0.1) is 6.92 Å². The molecule has 1 N–H and O–H groups in total. The molecule has 0 aliphatic carbocycles. The quantitative estimate of drug-likeness (QED) is 0.258. The predicted octanol–water partition coefficient (Wildman–Crippen LogP) is 5.24. The van der Waals surface area contributed by atoms with Crippen molar-refractivity contribution in [3.8, 4) is 0 Å². The lowest BCUT2D eigenvalue weighted by Crippen LogP contribution is -2.46. The number of carbonyl (C=O) groups excluding carboxylic acids is 1. The fourth-order valence-electron chi connectivity index (χ4n) is 3.83. The number of nitrogens with zero attached hydrogens (tertiary/aromatic N) is 1. The van der Waals surface area contributed by atoms with Crippen LogP contribution in [0.5, 0.6) is 0 Å². The third kappa shape index (κ3) is 8.55. The Morgan fingerprint density at radius 2 is 1.72 bits per heavy atom. The summed E-state index contributed by atoms with van der Waals surface area (Å²) in [5, 5.41) is 11.0. The Bertz CT molecular complexity index is 981. The van der Waals surface area contributed by atoms with E-state index in [-0.39, 0.29) is 29.1 Å². The van der Waals surface area contributed by atoms with E-state index in [1.807, 2.05) is 27.7 Å². The lowest BCUT2D eigenvalue weighted by molar-refractivity contribution is 0.00282. The van der Waals surface area contributed by atoms with Crippen LogP contribution in [0.25, 0.3) is 0 Å². The molecule has 1 aromatic carbocycles. The van der Waals surface area contributed by atoms with Crippen molar-refractivity contribution < 1.29 is 31.7 Å². The molecule has 2 rings (SSSR count). The highest BCUT2D eigenvalue weighted by molar-refractivity contribution is 7.86. The number of ether oxygens (including phenoxy) is 1. The summed E-state index contributed by atoms with van der Waals surface area (Å²) >= 11 is 0. The molecule has 1 unspecified atom stereocenters. The minimum atomic E-state index is -3.86. The van der Waals surface area contributed by atoms with Crippen molar-refractivity contribution in [1.82, 2.24) is 4.90 Å². The molecule has 0 spiro atoms. The molecule has 1 saturated heterocycles. The third-order valence-electron chi connectivity index (χ3n) is 6.84. The number of aliphatic hydroxyl groups is 1. The van der Waals surface area contributed by atoms with Gasteiger partial charge in [-0.1, -0.05) is 38.5 Å². The SMILES string of the molecule is Cc1ccc(S(=O)(=O)OCCCC(O)[C@@H]2C[C@@H](O[Si](C)(C)C(C)(C)C)CN2C(=O)OC(C)(C)C)cc1. The second-order valence-corrected chi connectivity index (χ2v) is 18.6.